The second-order valence-corrected chi connectivity index (χ2v) is 3.81. The molecular weight excluding hydrogens is 220 g/mol. The summed E-state index contributed by atoms with van der Waals surface area (Å²) in [5.74, 6) is 1.24. The van der Waals surface area contributed by atoms with Crippen molar-refractivity contribution in [3.8, 4) is 11.5 Å². The quantitative estimate of drug-likeness (QED) is 0.752. The standard InChI is InChI=1S/C13H16O4/c1-2-15-13(14)9-10-4-5-11-12(8-10)17-7-3-6-16-11/h4-5,8H,2-3,6-7,9H2,1H3. The van der Waals surface area contributed by atoms with Crippen LogP contribution >= 0.6 is 0 Å². The van der Waals surface area contributed by atoms with E-state index in [0.29, 0.717) is 25.6 Å². The fourth-order valence-corrected chi connectivity index (χ4v) is 1.70. The van der Waals surface area contributed by atoms with E-state index in [4.69, 9.17) is 14.2 Å². The normalized spacial score (nSPS) is 13.9. The lowest BCUT2D eigenvalue weighted by Crippen LogP contribution is -2.07. The van der Waals surface area contributed by atoms with Crippen molar-refractivity contribution in [1.82, 2.24) is 0 Å². The van der Waals surface area contributed by atoms with Crippen LogP contribution in [-0.2, 0) is 16.0 Å². The van der Waals surface area contributed by atoms with Crippen LogP contribution < -0.4 is 9.47 Å². The van der Waals surface area contributed by atoms with Crippen LogP contribution in [0.25, 0.3) is 0 Å². The lowest BCUT2D eigenvalue weighted by Gasteiger charge is -2.09. The molecule has 0 fully saturated rings. The highest BCUT2D eigenvalue weighted by molar-refractivity contribution is 5.72. The third-order valence-electron chi connectivity index (χ3n) is 2.47. The lowest BCUT2D eigenvalue weighted by atomic mass is 10.1. The average Bonchev–Trinajstić information content (AvgIpc) is 2.53. The number of benzene rings is 1. The molecule has 0 radical (unpaired) electrons. The summed E-state index contributed by atoms with van der Waals surface area (Å²) in [7, 11) is 0. The zero-order valence-corrected chi connectivity index (χ0v) is 9.90. The van der Waals surface area contributed by atoms with E-state index in [2.05, 4.69) is 0 Å². The third-order valence-corrected chi connectivity index (χ3v) is 2.47. The molecule has 2 rings (SSSR count). The van der Waals surface area contributed by atoms with E-state index in [9.17, 15) is 4.79 Å². The predicted octanol–water partition coefficient (Wildman–Crippen LogP) is 1.95. The Morgan fingerprint density at radius 1 is 1.29 bits per heavy atom. The van der Waals surface area contributed by atoms with Gasteiger partial charge in [-0.25, -0.2) is 0 Å². The summed E-state index contributed by atoms with van der Waals surface area (Å²) in [5.41, 5.74) is 0.882. The van der Waals surface area contributed by atoms with Gasteiger partial charge in [-0.2, -0.15) is 0 Å². The Morgan fingerprint density at radius 2 is 2.06 bits per heavy atom. The van der Waals surface area contributed by atoms with Gasteiger partial charge in [0.15, 0.2) is 11.5 Å². The highest BCUT2D eigenvalue weighted by Gasteiger charge is 2.12. The minimum Gasteiger partial charge on any atom is -0.490 e. The van der Waals surface area contributed by atoms with Crippen molar-refractivity contribution in [2.24, 2.45) is 0 Å². The van der Waals surface area contributed by atoms with Gasteiger partial charge in [-0.1, -0.05) is 6.07 Å². The number of ether oxygens (including phenoxy) is 3. The van der Waals surface area contributed by atoms with Gasteiger partial charge in [-0.3, -0.25) is 4.79 Å². The Labute approximate surface area is 100 Å². The van der Waals surface area contributed by atoms with Gasteiger partial charge in [0.1, 0.15) is 0 Å². The van der Waals surface area contributed by atoms with Crippen molar-refractivity contribution < 1.29 is 19.0 Å². The van der Waals surface area contributed by atoms with Crippen molar-refractivity contribution in [2.45, 2.75) is 19.8 Å². The largest absolute Gasteiger partial charge is 0.490 e. The molecule has 1 aromatic carbocycles. The van der Waals surface area contributed by atoms with E-state index in [0.717, 1.165) is 17.7 Å². The molecule has 0 bridgehead atoms. The van der Waals surface area contributed by atoms with Crippen LogP contribution in [0.4, 0.5) is 0 Å². The molecule has 1 aliphatic heterocycles. The van der Waals surface area contributed by atoms with Gasteiger partial charge in [0.05, 0.1) is 26.2 Å². The number of hydrogen-bond donors (Lipinski definition) is 0. The molecule has 0 unspecified atom stereocenters. The van der Waals surface area contributed by atoms with E-state index in [1.807, 2.05) is 18.2 Å². The molecule has 4 heteroatoms. The average molecular weight is 236 g/mol. The molecule has 92 valence electrons. The summed E-state index contributed by atoms with van der Waals surface area (Å²) in [6.07, 6.45) is 1.15. The summed E-state index contributed by atoms with van der Waals surface area (Å²) in [5, 5.41) is 0. The molecule has 4 nitrogen and oxygen atoms in total. The Morgan fingerprint density at radius 3 is 2.82 bits per heavy atom. The summed E-state index contributed by atoms with van der Waals surface area (Å²) >= 11 is 0. The maximum atomic E-state index is 11.4. The van der Waals surface area contributed by atoms with Crippen molar-refractivity contribution in [3.05, 3.63) is 23.8 Å². The van der Waals surface area contributed by atoms with Crippen LogP contribution in [0, 0.1) is 0 Å². The van der Waals surface area contributed by atoms with Gasteiger partial charge in [-0.05, 0) is 24.6 Å². The smallest absolute Gasteiger partial charge is 0.310 e. The van der Waals surface area contributed by atoms with Gasteiger partial charge < -0.3 is 14.2 Å². The summed E-state index contributed by atoms with van der Waals surface area (Å²) in [6, 6.07) is 5.55. The Hall–Kier alpha value is -1.71. The van der Waals surface area contributed by atoms with Crippen LogP contribution in [0.2, 0.25) is 0 Å². The summed E-state index contributed by atoms with van der Waals surface area (Å²) < 4.78 is 16.0. The van der Waals surface area contributed by atoms with E-state index in [1.165, 1.54) is 0 Å². The molecule has 0 saturated heterocycles. The van der Waals surface area contributed by atoms with Crippen LogP contribution in [-0.4, -0.2) is 25.8 Å². The highest BCUT2D eigenvalue weighted by Crippen LogP contribution is 2.30. The zero-order valence-electron chi connectivity index (χ0n) is 9.90. The topological polar surface area (TPSA) is 44.8 Å². The lowest BCUT2D eigenvalue weighted by molar-refractivity contribution is -0.142. The number of carbonyl (C=O) groups is 1. The SMILES string of the molecule is CCOC(=O)Cc1ccc2c(c1)OCCCO2. The minimum atomic E-state index is -0.220. The molecule has 0 saturated carbocycles. The van der Waals surface area contributed by atoms with Gasteiger partial charge in [-0.15, -0.1) is 0 Å². The first-order valence-corrected chi connectivity index (χ1v) is 5.83. The second-order valence-electron chi connectivity index (χ2n) is 3.81. The molecule has 0 N–H and O–H groups in total. The molecule has 1 heterocycles. The number of fused-ring (bicyclic) bond motifs is 1. The van der Waals surface area contributed by atoms with Crippen LogP contribution in [0.1, 0.15) is 18.9 Å². The first-order chi connectivity index (χ1) is 8.29. The van der Waals surface area contributed by atoms with E-state index in [1.54, 1.807) is 6.92 Å². The molecule has 0 spiro atoms. The first kappa shape index (κ1) is 11.8. The molecule has 1 aliphatic rings. The fraction of sp³-hybridized carbons (Fsp3) is 0.462. The molecule has 17 heavy (non-hydrogen) atoms. The van der Waals surface area contributed by atoms with Gasteiger partial charge >= 0.3 is 5.97 Å². The summed E-state index contributed by atoms with van der Waals surface area (Å²) in [4.78, 5) is 11.4. The van der Waals surface area contributed by atoms with E-state index < -0.39 is 0 Å². The predicted molar refractivity (Wildman–Crippen MR) is 62.4 cm³/mol. The maximum Gasteiger partial charge on any atom is 0.310 e. The van der Waals surface area contributed by atoms with Crippen LogP contribution in [0.3, 0.4) is 0 Å². The second kappa shape index (κ2) is 5.57. The van der Waals surface area contributed by atoms with Gasteiger partial charge in [0.2, 0.25) is 0 Å². The third kappa shape index (κ3) is 3.12. The van der Waals surface area contributed by atoms with Crippen molar-refractivity contribution in [2.75, 3.05) is 19.8 Å². The highest BCUT2D eigenvalue weighted by atomic mass is 16.5. The molecule has 0 amide bonds. The number of carbonyl (C=O) groups excluding carboxylic acids is 1. The Kier molecular flexibility index (Phi) is 3.85. The number of rotatable bonds is 3. The van der Waals surface area contributed by atoms with Crippen LogP contribution in [0.15, 0.2) is 18.2 Å². The molecule has 0 aromatic heterocycles. The zero-order chi connectivity index (χ0) is 12.1. The van der Waals surface area contributed by atoms with Crippen molar-refractivity contribution in [1.29, 1.82) is 0 Å². The maximum absolute atomic E-state index is 11.4. The van der Waals surface area contributed by atoms with Gasteiger partial charge in [0, 0.05) is 6.42 Å². The monoisotopic (exact) mass is 236 g/mol. The Bertz CT molecular complexity index is 400. The molecule has 0 atom stereocenters. The van der Waals surface area contributed by atoms with Crippen molar-refractivity contribution in [3.63, 3.8) is 0 Å². The van der Waals surface area contributed by atoms with Crippen LogP contribution in [0.5, 0.6) is 11.5 Å². The molecule has 0 aliphatic carbocycles. The Balaban J connectivity index is 2.09. The van der Waals surface area contributed by atoms with Crippen molar-refractivity contribution >= 4 is 5.97 Å². The summed E-state index contributed by atoms with van der Waals surface area (Å²) in [6.45, 7) is 3.52. The van der Waals surface area contributed by atoms with Gasteiger partial charge in [0.25, 0.3) is 0 Å². The minimum absolute atomic E-state index is 0.220. The number of hydrogen-bond acceptors (Lipinski definition) is 4. The molecular formula is C13H16O4. The molecule has 1 aromatic rings. The number of esters is 1. The van der Waals surface area contributed by atoms with E-state index in [-0.39, 0.29) is 12.4 Å². The first-order valence-electron chi connectivity index (χ1n) is 5.83. The fourth-order valence-electron chi connectivity index (χ4n) is 1.70. The van der Waals surface area contributed by atoms with E-state index >= 15 is 0 Å².